The molecule has 0 spiro atoms. The number of aromatic nitrogens is 3. The Kier molecular flexibility index (Phi) is 2.74. The second kappa shape index (κ2) is 5.38. The maximum absolute atomic E-state index is 4.72. The molecule has 3 heteroatoms. The predicted molar refractivity (Wildman–Crippen MR) is 124 cm³/mol. The highest BCUT2D eigenvalue weighted by Gasteiger charge is 2.30. The number of fused-ring (bicyclic) bond motifs is 14. The minimum Gasteiger partial charge on any atom is -0.283 e. The van der Waals surface area contributed by atoms with Gasteiger partial charge in [0.15, 0.2) is 0 Å². The molecule has 0 saturated heterocycles. The number of rotatable bonds is 0. The van der Waals surface area contributed by atoms with E-state index in [1.165, 1.54) is 60.7 Å². The fourth-order valence-electron chi connectivity index (χ4n) is 5.93. The van der Waals surface area contributed by atoms with E-state index in [0.29, 0.717) is 0 Å². The third kappa shape index (κ3) is 1.85. The van der Waals surface area contributed by atoms with Gasteiger partial charge in [-0.15, -0.1) is 0 Å². The quantitative estimate of drug-likeness (QED) is 0.287. The van der Waals surface area contributed by atoms with Crippen molar-refractivity contribution in [2.24, 2.45) is 0 Å². The maximum Gasteiger partial charge on any atom is 0.146 e. The van der Waals surface area contributed by atoms with Crippen LogP contribution in [0.1, 0.15) is 22.3 Å². The summed E-state index contributed by atoms with van der Waals surface area (Å²) < 4.78 is 2.11. The van der Waals surface area contributed by atoms with E-state index in [2.05, 4.69) is 64.0 Å². The van der Waals surface area contributed by atoms with Gasteiger partial charge in [-0.2, -0.15) is 0 Å². The Bertz CT molecular complexity index is 1740. The summed E-state index contributed by atoms with van der Waals surface area (Å²) in [6.07, 6.45) is 7.74. The van der Waals surface area contributed by atoms with Crippen LogP contribution in [0, 0.1) is 0 Å². The number of benzene rings is 3. The summed E-state index contributed by atoms with van der Waals surface area (Å²) in [6, 6.07) is 22.4. The Morgan fingerprint density at radius 2 is 1.39 bits per heavy atom. The van der Waals surface area contributed by atoms with Gasteiger partial charge >= 0.3 is 0 Å². The minimum atomic E-state index is 0.957. The van der Waals surface area contributed by atoms with Gasteiger partial charge < -0.3 is 0 Å². The lowest BCUT2D eigenvalue weighted by molar-refractivity contribution is 1.20. The van der Waals surface area contributed by atoms with Crippen molar-refractivity contribution in [3.05, 3.63) is 102 Å². The van der Waals surface area contributed by atoms with Gasteiger partial charge in [-0.3, -0.25) is 4.40 Å². The van der Waals surface area contributed by atoms with Crippen molar-refractivity contribution in [3.8, 4) is 22.3 Å². The fraction of sp³-hybridized carbons (Fsp3) is 0.0714. The van der Waals surface area contributed by atoms with Gasteiger partial charge in [0.05, 0.1) is 0 Å². The fourth-order valence-corrected chi connectivity index (χ4v) is 5.93. The monoisotopic (exact) mass is 395 g/mol. The van der Waals surface area contributed by atoms with Crippen molar-refractivity contribution in [1.82, 2.24) is 14.4 Å². The standard InChI is InChI=1S/C28H17N3/c1-2-5-19-16(4-1)14-17-7-8-18-15-23-20(25(18)24(17)19)9-10-22-26(23)21-6-3-11-29-27(21)31-13-12-30-28(22)31/h1-13H,14-15H2. The molecule has 3 aromatic carbocycles. The van der Waals surface area contributed by atoms with E-state index in [4.69, 9.17) is 4.98 Å². The van der Waals surface area contributed by atoms with Crippen LogP contribution >= 0.6 is 0 Å². The smallest absolute Gasteiger partial charge is 0.146 e. The normalized spacial score (nSPS) is 13.5. The zero-order valence-corrected chi connectivity index (χ0v) is 16.8. The highest BCUT2D eigenvalue weighted by Crippen LogP contribution is 2.51. The topological polar surface area (TPSA) is 30.2 Å². The molecule has 0 aliphatic heterocycles. The lowest BCUT2D eigenvalue weighted by Crippen LogP contribution is -1.95. The molecule has 0 unspecified atom stereocenters. The largest absolute Gasteiger partial charge is 0.283 e. The first-order valence-electron chi connectivity index (χ1n) is 10.8. The van der Waals surface area contributed by atoms with Crippen LogP contribution in [-0.4, -0.2) is 14.4 Å². The average molecular weight is 395 g/mol. The number of imidazole rings is 1. The van der Waals surface area contributed by atoms with E-state index < -0.39 is 0 Å². The molecule has 2 aliphatic rings. The first-order valence-corrected chi connectivity index (χ1v) is 10.8. The van der Waals surface area contributed by atoms with Gasteiger partial charge in [-0.1, -0.05) is 42.5 Å². The molecule has 144 valence electrons. The summed E-state index contributed by atoms with van der Waals surface area (Å²) in [5.41, 5.74) is 13.3. The highest BCUT2D eigenvalue weighted by atomic mass is 15.0. The molecule has 0 radical (unpaired) electrons. The number of pyridine rings is 2. The Hall–Kier alpha value is -3.98. The van der Waals surface area contributed by atoms with E-state index in [1.807, 2.05) is 24.7 Å². The van der Waals surface area contributed by atoms with Gasteiger partial charge in [0.1, 0.15) is 11.3 Å². The summed E-state index contributed by atoms with van der Waals surface area (Å²) in [4.78, 5) is 9.40. The Morgan fingerprint density at radius 1 is 0.613 bits per heavy atom. The van der Waals surface area contributed by atoms with Crippen LogP contribution in [0.15, 0.2) is 79.3 Å². The van der Waals surface area contributed by atoms with Crippen molar-refractivity contribution in [2.75, 3.05) is 0 Å². The van der Waals surface area contributed by atoms with E-state index >= 15 is 0 Å². The van der Waals surface area contributed by atoms with Crippen LogP contribution in [0.4, 0.5) is 0 Å². The number of hydrogen-bond acceptors (Lipinski definition) is 2. The van der Waals surface area contributed by atoms with Crippen LogP contribution in [0.5, 0.6) is 0 Å². The van der Waals surface area contributed by atoms with Gasteiger partial charge in [0.25, 0.3) is 0 Å². The molecule has 3 aromatic heterocycles. The second-order valence-corrected chi connectivity index (χ2v) is 8.65. The molecule has 0 saturated carbocycles. The first-order chi connectivity index (χ1) is 15.4. The lowest BCUT2D eigenvalue weighted by Gasteiger charge is -2.13. The van der Waals surface area contributed by atoms with Crippen LogP contribution < -0.4 is 0 Å². The summed E-state index contributed by atoms with van der Waals surface area (Å²) in [6.45, 7) is 0. The molecule has 0 atom stereocenters. The highest BCUT2D eigenvalue weighted by molar-refractivity contribution is 6.15. The van der Waals surface area contributed by atoms with Crippen molar-refractivity contribution in [2.45, 2.75) is 12.8 Å². The molecule has 0 amide bonds. The molecule has 31 heavy (non-hydrogen) atoms. The molecule has 3 nitrogen and oxygen atoms in total. The van der Waals surface area contributed by atoms with E-state index in [9.17, 15) is 0 Å². The average Bonchev–Trinajstić information content (AvgIpc) is 3.53. The molecule has 0 N–H and O–H groups in total. The third-order valence-corrected chi connectivity index (χ3v) is 7.16. The van der Waals surface area contributed by atoms with Crippen LogP contribution in [0.25, 0.3) is 49.7 Å². The van der Waals surface area contributed by atoms with Crippen molar-refractivity contribution in [3.63, 3.8) is 0 Å². The molecule has 2 aliphatic carbocycles. The molecule has 0 fully saturated rings. The van der Waals surface area contributed by atoms with Gasteiger partial charge in [-0.05, 0) is 75.5 Å². The third-order valence-electron chi connectivity index (χ3n) is 7.16. The molecular weight excluding hydrogens is 378 g/mol. The summed E-state index contributed by atoms with van der Waals surface area (Å²) in [5, 5.41) is 3.70. The molecule has 3 heterocycles. The zero-order chi connectivity index (χ0) is 20.1. The summed E-state index contributed by atoms with van der Waals surface area (Å²) in [5.74, 6) is 0. The predicted octanol–water partition coefficient (Wildman–Crippen LogP) is 6.18. The van der Waals surface area contributed by atoms with Gasteiger partial charge in [0, 0.05) is 34.7 Å². The van der Waals surface area contributed by atoms with E-state index in [0.717, 1.165) is 24.1 Å². The van der Waals surface area contributed by atoms with E-state index in [-0.39, 0.29) is 0 Å². The Balaban J connectivity index is 1.54. The zero-order valence-electron chi connectivity index (χ0n) is 16.8. The number of hydrogen-bond donors (Lipinski definition) is 0. The number of nitrogens with zero attached hydrogens (tertiary/aromatic N) is 3. The van der Waals surface area contributed by atoms with Crippen LogP contribution in [0.2, 0.25) is 0 Å². The van der Waals surface area contributed by atoms with Crippen molar-refractivity contribution in [1.29, 1.82) is 0 Å². The maximum atomic E-state index is 4.72. The van der Waals surface area contributed by atoms with Crippen LogP contribution in [-0.2, 0) is 12.8 Å². The Morgan fingerprint density at radius 3 is 2.32 bits per heavy atom. The second-order valence-electron chi connectivity index (χ2n) is 8.65. The van der Waals surface area contributed by atoms with Crippen LogP contribution in [0.3, 0.4) is 0 Å². The minimum absolute atomic E-state index is 0.957. The van der Waals surface area contributed by atoms with Crippen molar-refractivity contribution < 1.29 is 0 Å². The van der Waals surface area contributed by atoms with E-state index in [1.54, 1.807) is 0 Å². The lowest BCUT2D eigenvalue weighted by atomic mass is 9.92. The molecular formula is C28H17N3. The SMILES string of the molecule is c1ccc2c(c1)Cc1ccc3c(c1-2)-c1ccc2c(c1C3)c1cccnc1n1ccnc21. The van der Waals surface area contributed by atoms with Crippen molar-refractivity contribution >= 4 is 27.5 Å². The summed E-state index contributed by atoms with van der Waals surface area (Å²) in [7, 11) is 0. The summed E-state index contributed by atoms with van der Waals surface area (Å²) >= 11 is 0. The van der Waals surface area contributed by atoms with Gasteiger partial charge in [0.2, 0.25) is 0 Å². The molecule has 6 aromatic rings. The van der Waals surface area contributed by atoms with Gasteiger partial charge in [-0.25, -0.2) is 9.97 Å². The first kappa shape index (κ1) is 15.8. The molecule has 8 rings (SSSR count). The Labute approximate surface area is 178 Å². The molecule has 0 bridgehead atoms.